The maximum absolute atomic E-state index is 11.4. The first-order chi connectivity index (χ1) is 11.6. The molecule has 0 saturated carbocycles. The van der Waals surface area contributed by atoms with Crippen molar-refractivity contribution in [2.45, 2.75) is 20.3 Å². The van der Waals surface area contributed by atoms with E-state index < -0.39 is 5.97 Å². The lowest BCUT2D eigenvalue weighted by Crippen LogP contribution is -2.00. The molecule has 3 heteroatoms. The van der Waals surface area contributed by atoms with Gasteiger partial charge in [0.1, 0.15) is 0 Å². The third-order valence-corrected chi connectivity index (χ3v) is 4.31. The number of carbonyl (C=O) groups is 1. The first-order valence-corrected chi connectivity index (χ1v) is 7.89. The number of pyridine rings is 1. The summed E-state index contributed by atoms with van der Waals surface area (Å²) in [6.45, 7) is 4.13. The highest BCUT2D eigenvalue weighted by molar-refractivity contribution is 5.95. The molecule has 0 aliphatic carbocycles. The van der Waals surface area contributed by atoms with E-state index >= 15 is 0 Å². The van der Waals surface area contributed by atoms with Crippen molar-refractivity contribution in [1.82, 2.24) is 4.98 Å². The van der Waals surface area contributed by atoms with Crippen molar-refractivity contribution in [1.29, 1.82) is 0 Å². The molecule has 24 heavy (non-hydrogen) atoms. The lowest BCUT2D eigenvalue weighted by atomic mass is 9.95. The molecular weight excluding hydrogens is 298 g/mol. The zero-order valence-electron chi connectivity index (χ0n) is 13.8. The van der Waals surface area contributed by atoms with Crippen molar-refractivity contribution in [3.05, 3.63) is 88.7 Å². The number of aromatic carboxylic acids is 1. The van der Waals surface area contributed by atoms with Gasteiger partial charge in [-0.25, -0.2) is 4.79 Å². The van der Waals surface area contributed by atoms with Gasteiger partial charge in [-0.15, -0.1) is 0 Å². The molecule has 1 N–H and O–H groups in total. The van der Waals surface area contributed by atoms with Crippen molar-refractivity contribution in [3.63, 3.8) is 0 Å². The minimum Gasteiger partial charge on any atom is -0.478 e. The molecule has 1 aromatic heterocycles. The molecule has 2 aromatic carbocycles. The minimum atomic E-state index is -0.906. The first kappa shape index (κ1) is 15.9. The number of nitrogens with zero attached hydrogens (tertiary/aromatic N) is 1. The van der Waals surface area contributed by atoms with Crippen molar-refractivity contribution >= 4 is 5.97 Å². The summed E-state index contributed by atoms with van der Waals surface area (Å²) in [5.74, 6) is -0.906. The average molecular weight is 317 g/mol. The number of rotatable bonds is 4. The van der Waals surface area contributed by atoms with E-state index in [2.05, 4.69) is 24.0 Å². The molecule has 0 saturated heterocycles. The highest BCUT2D eigenvalue weighted by atomic mass is 16.4. The maximum Gasteiger partial charge on any atom is 0.336 e. The van der Waals surface area contributed by atoms with E-state index in [1.165, 1.54) is 16.7 Å². The number of carboxylic acid groups (broad SMARTS) is 1. The van der Waals surface area contributed by atoms with Crippen LogP contribution in [0.2, 0.25) is 0 Å². The molecule has 0 fully saturated rings. The van der Waals surface area contributed by atoms with Crippen LogP contribution >= 0.6 is 0 Å². The Morgan fingerprint density at radius 1 is 1.00 bits per heavy atom. The Bertz CT molecular complexity index is 862. The zero-order valence-corrected chi connectivity index (χ0v) is 13.8. The summed E-state index contributed by atoms with van der Waals surface area (Å²) in [4.78, 5) is 15.7. The molecule has 1 heterocycles. The van der Waals surface area contributed by atoms with Gasteiger partial charge in [0.25, 0.3) is 0 Å². The van der Waals surface area contributed by atoms with Crippen LogP contribution in [0.4, 0.5) is 0 Å². The number of carboxylic acids is 1. The second-order valence-electron chi connectivity index (χ2n) is 5.92. The Labute approximate surface area is 141 Å². The van der Waals surface area contributed by atoms with E-state index in [1.54, 1.807) is 12.1 Å². The summed E-state index contributed by atoms with van der Waals surface area (Å²) in [5.41, 5.74) is 6.70. The van der Waals surface area contributed by atoms with Gasteiger partial charge in [0.2, 0.25) is 0 Å². The third kappa shape index (κ3) is 3.20. The van der Waals surface area contributed by atoms with Crippen molar-refractivity contribution < 1.29 is 9.90 Å². The van der Waals surface area contributed by atoms with Crippen LogP contribution in [-0.4, -0.2) is 16.1 Å². The minimum absolute atomic E-state index is 0.323. The van der Waals surface area contributed by atoms with Crippen molar-refractivity contribution in [2.75, 3.05) is 0 Å². The zero-order chi connectivity index (χ0) is 17.1. The molecule has 0 atom stereocenters. The summed E-state index contributed by atoms with van der Waals surface area (Å²) in [7, 11) is 0. The Balaban J connectivity index is 1.91. The fourth-order valence-electron chi connectivity index (χ4n) is 2.92. The highest BCUT2D eigenvalue weighted by Gasteiger charge is 2.11. The van der Waals surface area contributed by atoms with Gasteiger partial charge < -0.3 is 5.11 Å². The first-order valence-electron chi connectivity index (χ1n) is 7.89. The van der Waals surface area contributed by atoms with Gasteiger partial charge in [-0.3, -0.25) is 4.98 Å². The van der Waals surface area contributed by atoms with E-state index in [9.17, 15) is 9.90 Å². The van der Waals surface area contributed by atoms with Gasteiger partial charge in [-0.1, -0.05) is 42.5 Å². The fraction of sp³-hybridized carbons (Fsp3) is 0.143. The fourth-order valence-corrected chi connectivity index (χ4v) is 2.92. The summed E-state index contributed by atoms with van der Waals surface area (Å²) in [5, 5.41) is 9.33. The van der Waals surface area contributed by atoms with Crippen LogP contribution in [0, 0.1) is 13.8 Å². The summed E-state index contributed by atoms with van der Waals surface area (Å²) in [6, 6.07) is 17.2. The molecule has 0 spiro atoms. The van der Waals surface area contributed by atoms with Crippen LogP contribution in [-0.2, 0) is 6.42 Å². The van der Waals surface area contributed by atoms with Crippen LogP contribution < -0.4 is 0 Å². The van der Waals surface area contributed by atoms with E-state index in [1.807, 2.05) is 43.5 Å². The Morgan fingerprint density at radius 2 is 1.71 bits per heavy atom. The molecule has 0 amide bonds. The molecule has 120 valence electrons. The smallest absolute Gasteiger partial charge is 0.336 e. The van der Waals surface area contributed by atoms with Gasteiger partial charge in [0.05, 0.1) is 5.56 Å². The average Bonchev–Trinajstić information content (AvgIpc) is 2.59. The third-order valence-electron chi connectivity index (χ3n) is 4.31. The van der Waals surface area contributed by atoms with E-state index in [0.29, 0.717) is 5.56 Å². The Morgan fingerprint density at radius 3 is 2.38 bits per heavy atom. The molecule has 0 aliphatic rings. The molecule has 0 bridgehead atoms. The topological polar surface area (TPSA) is 50.2 Å². The maximum atomic E-state index is 11.4. The number of aryl methyl sites for hydroxylation is 2. The van der Waals surface area contributed by atoms with E-state index in [4.69, 9.17) is 0 Å². The lowest BCUT2D eigenvalue weighted by Gasteiger charge is -2.10. The second-order valence-corrected chi connectivity index (χ2v) is 5.92. The highest BCUT2D eigenvalue weighted by Crippen LogP contribution is 2.25. The molecule has 0 radical (unpaired) electrons. The Kier molecular flexibility index (Phi) is 4.43. The largest absolute Gasteiger partial charge is 0.478 e. The normalized spacial score (nSPS) is 10.6. The van der Waals surface area contributed by atoms with Gasteiger partial charge in [0, 0.05) is 11.9 Å². The molecule has 0 unspecified atom stereocenters. The van der Waals surface area contributed by atoms with E-state index in [-0.39, 0.29) is 0 Å². The second kappa shape index (κ2) is 6.67. The van der Waals surface area contributed by atoms with Crippen LogP contribution in [0.3, 0.4) is 0 Å². The Hall–Kier alpha value is -2.94. The molecule has 0 aliphatic heterocycles. The van der Waals surface area contributed by atoms with Gasteiger partial charge in [-0.05, 0) is 60.2 Å². The standard InChI is InChI=1S/C21H19NO2/c1-14-11-12-22-15(2)20(14)13-16-7-9-17(10-8-16)18-5-3-4-6-19(18)21(23)24/h3-12H,13H2,1-2H3,(H,23,24). The number of aromatic nitrogens is 1. The van der Waals surface area contributed by atoms with Crippen LogP contribution in [0.25, 0.3) is 11.1 Å². The van der Waals surface area contributed by atoms with Gasteiger partial charge >= 0.3 is 5.97 Å². The number of benzene rings is 2. The predicted molar refractivity (Wildman–Crippen MR) is 95.4 cm³/mol. The summed E-state index contributed by atoms with van der Waals surface area (Å²) in [6.07, 6.45) is 2.66. The quantitative estimate of drug-likeness (QED) is 0.761. The molecule has 3 aromatic rings. The van der Waals surface area contributed by atoms with Crippen LogP contribution in [0.5, 0.6) is 0 Å². The molecular formula is C21H19NO2. The number of hydrogen-bond acceptors (Lipinski definition) is 2. The lowest BCUT2D eigenvalue weighted by molar-refractivity contribution is 0.0697. The summed E-state index contributed by atoms with van der Waals surface area (Å²) >= 11 is 0. The SMILES string of the molecule is Cc1ccnc(C)c1Cc1ccc(-c2ccccc2C(=O)O)cc1. The predicted octanol–water partition coefficient (Wildman–Crippen LogP) is 4.65. The van der Waals surface area contributed by atoms with E-state index in [0.717, 1.165) is 23.2 Å². The van der Waals surface area contributed by atoms with Crippen molar-refractivity contribution in [2.24, 2.45) is 0 Å². The van der Waals surface area contributed by atoms with Crippen LogP contribution in [0.15, 0.2) is 60.8 Å². The summed E-state index contributed by atoms with van der Waals surface area (Å²) < 4.78 is 0. The molecule has 3 rings (SSSR count). The van der Waals surface area contributed by atoms with Gasteiger partial charge in [0.15, 0.2) is 0 Å². The molecule has 3 nitrogen and oxygen atoms in total. The monoisotopic (exact) mass is 317 g/mol. The van der Waals surface area contributed by atoms with Crippen molar-refractivity contribution in [3.8, 4) is 11.1 Å². The number of hydrogen-bond donors (Lipinski definition) is 1. The van der Waals surface area contributed by atoms with Crippen LogP contribution in [0.1, 0.15) is 32.7 Å². The van der Waals surface area contributed by atoms with Gasteiger partial charge in [-0.2, -0.15) is 0 Å².